The first-order valence-corrected chi connectivity index (χ1v) is 10.3. The van der Waals surface area contributed by atoms with Crippen LogP contribution in [0.1, 0.15) is 38.3 Å². The van der Waals surface area contributed by atoms with Gasteiger partial charge in [-0.1, -0.05) is 56.7 Å². The largest absolute Gasteiger partial charge is 0.399 e. The minimum atomic E-state index is 0.771. The second-order valence-corrected chi connectivity index (χ2v) is 7.17. The zero-order chi connectivity index (χ0) is 21.2. The Labute approximate surface area is 176 Å². The highest BCUT2D eigenvalue weighted by atomic mass is 15.1. The number of allylic oxidation sites excluding steroid dienone is 5. The molecule has 0 bridgehead atoms. The third kappa shape index (κ3) is 6.21. The van der Waals surface area contributed by atoms with Crippen molar-refractivity contribution in [3.8, 4) is 0 Å². The fourth-order valence-corrected chi connectivity index (χ4v) is 2.99. The van der Waals surface area contributed by atoms with Crippen LogP contribution in [0.25, 0.3) is 5.57 Å². The molecule has 3 heteroatoms. The Morgan fingerprint density at radius 3 is 1.72 bits per heavy atom. The van der Waals surface area contributed by atoms with Crippen molar-refractivity contribution in [1.29, 1.82) is 0 Å². The van der Waals surface area contributed by atoms with Gasteiger partial charge in [0.05, 0.1) is 5.71 Å². The van der Waals surface area contributed by atoms with Gasteiger partial charge in [-0.05, 0) is 65.6 Å². The van der Waals surface area contributed by atoms with Crippen molar-refractivity contribution in [2.75, 3.05) is 31.3 Å². The Morgan fingerprint density at radius 1 is 0.793 bits per heavy atom. The molecule has 3 rings (SSSR count). The van der Waals surface area contributed by atoms with E-state index >= 15 is 0 Å². The number of nitrogen functional groups attached to an aromatic ring is 1. The predicted molar refractivity (Wildman–Crippen MR) is 130 cm³/mol. The van der Waals surface area contributed by atoms with Gasteiger partial charge in [-0.3, -0.25) is 4.99 Å². The number of rotatable bonds is 4. The lowest BCUT2D eigenvalue weighted by Gasteiger charge is -2.17. The number of hydrogen-bond acceptors (Lipinski definition) is 3. The van der Waals surface area contributed by atoms with Gasteiger partial charge in [0.1, 0.15) is 0 Å². The minimum absolute atomic E-state index is 0.771. The molecule has 3 nitrogen and oxygen atoms in total. The summed E-state index contributed by atoms with van der Waals surface area (Å²) < 4.78 is 0. The molecule has 0 fully saturated rings. The molecule has 0 amide bonds. The van der Waals surface area contributed by atoms with Crippen LogP contribution < -0.4 is 10.6 Å². The van der Waals surface area contributed by atoms with Crippen molar-refractivity contribution in [3.63, 3.8) is 0 Å². The summed E-state index contributed by atoms with van der Waals surface area (Å²) in [6.07, 6.45) is 9.68. The van der Waals surface area contributed by atoms with E-state index in [2.05, 4.69) is 98.5 Å². The number of nitrogens with zero attached hydrogens (tertiary/aromatic N) is 2. The summed E-state index contributed by atoms with van der Waals surface area (Å²) in [7, 11) is 4.10. The second-order valence-electron chi connectivity index (χ2n) is 7.17. The van der Waals surface area contributed by atoms with Crippen LogP contribution >= 0.6 is 0 Å². The van der Waals surface area contributed by atoms with Crippen LogP contribution in [-0.4, -0.2) is 26.4 Å². The summed E-state index contributed by atoms with van der Waals surface area (Å²) in [6, 6.07) is 16.7. The first-order chi connectivity index (χ1) is 14.0. The molecule has 0 heterocycles. The van der Waals surface area contributed by atoms with Crippen molar-refractivity contribution in [3.05, 3.63) is 89.5 Å². The molecule has 0 aliphatic heterocycles. The van der Waals surface area contributed by atoms with Gasteiger partial charge in [-0.25, -0.2) is 0 Å². The van der Waals surface area contributed by atoms with Crippen LogP contribution in [0, 0.1) is 0 Å². The molecule has 0 saturated carbocycles. The molecule has 1 aliphatic carbocycles. The highest BCUT2D eigenvalue weighted by molar-refractivity contribution is 6.07. The highest BCUT2D eigenvalue weighted by Gasteiger charge is 2.11. The normalized spacial score (nSPS) is 12.3. The second kappa shape index (κ2) is 11.1. The standard InChI is InChI=1S/C23H25N3.C3H8/c1-4-25-21-13-7-18(8-14-21)23(17-5-11-20(24)12-6-17)19-9-15-22(16-10-19)26(2)3;1-3-2/h5-16H,4,24H2,1-3H3;3H2,1-2H3. The van der Waals surface area contributed by atoms with Gasteiger partial charge < -0.3 is 10.6 Å². The van der Waals surface area contributed by atoms with E-state index in [4.69, 9.17) is 5.73 Å². The molecular weight excluding hydrogens is 354 g/mol. The van der Waals surface area contributed by atoms with Gasteiger partial charge >= 0.3 is 0 Å². The summed E-state index contributed by atoms with van der Waals surface area (Å²) in [6.45, 7) is 7.09. The van der Waals surface area contributed by atoms with Crippen LogP contribution in [0.15, 0.2) is 83.4 Å². The fourth-order valence-electron chi connectivity index (χ4n) is 2.99. The quantitative estimate of drug-likeness (QED) is 0.640. The van der Waals surface area contributed by atoms with Gasteiger partial charge in [0.25, 0.3) is 0 Å². The van der Waals surface area contributed by atoms with Crippen LogP contribution in [0.3, 0.4) is 0 Å². The van der Waals surface area contributed by atoms with Crippen LogP contribution in [0.2, 0.25) is 0 Å². The molecule has 0 saturated heterocycles. The van der Waals surface area contributed by atoms with Crippen molar-refractivity contribution in [2.24, 2.45) is 4.99 Å². The first kappa shape index (κ1) is 22.2. The maximum absolute atomic E-state index is 5.88. The lowest BCUT2D eigenvalue weighted by Crippen LogP contribution is -2.08. The van der Waals surface area contributed by atoms with Crippen molar-refractivity contribution in [2.45, 2.75) is 27.2 Å². The molecule has 2 aromatic rings. The maximum Gasteiger partial charge on any atom is 0.0574 e. The smallest absolute Gasteiger partial charge is 0.0574 e. The molecule has 0 unspecified atom stereocenters. The Hall–Kier alpha value is -3.07. The Kier molecular flexibility index (Phi) is 8.47. The van der Waals surface area contributed by atoms with E-state index in [1.165, 1.54) is 28.8 Å². The third-order valence-corrected chi connectivity index (χ3v) is 4.37. The van der Waals surface area contributed by atoms with Crippen molar-refractivity contribution in [1.82, 2.24) is 0 Å². The van der Waals surface area contributed by atoms with E-state index in [1.807, 2.05) is 19.1 Å². The van der Waals surface area contributed by atoms with Crippen LogP contribution in [0.4, 0.5) is 11.4 Å². The maximum atomic E-state index is 5.88. The number of aliphatic imine (C=N–C) groups is 1. The summed E-state index contributed by atoms with van der Waals surface area (Å²) in [4.78, 5) is 6.57. The molecule has 0 aromatic heterocycles. The van der Waals surface area contributed by atoms with Gasteiger partial charge in [0.15, 0.2) is 0 Å². The highest BCUT2D eigenvalue weighted by Crippen LogP contribution is 2.31. The average molecular weight is 388 g/mol. The number of anilines is 2. The van der Waals surface area contributed by atoms with Gasteiger partial charge in [0.2, 0.25) is 0 Å². The molecular formula is C26H33N3. The van der Waals surface area contributed by atoms with Crippen molar-refractivity contribution >= 4 is 22.7 Å². The van der Waals surface area contributed by atoms with Gasteiger partial charge in [0, 0.05) is 32.0 Å². The van der Waals surface area contributed by atoms with Gasteiger partial charge in [-0.15, -0.1) is 0 Å². The van der Waals surface area contributed by atoms with Crippen molar-refractivity contribution < 1.29 is 0 Å². The zero-order valence-corrected chi connectivity index (χ0v) is 18.3. The molecule has 0 spiro atoms. The summed E-state index contributed by atoms with van der Waals surface area (Å²) in [5.74, 6) is 0. The number of benzene rings is 2. The molecule has 2 aromatic carbocycles. The number of nitrogens with two attached hydrogens (primary N) is 1. The molecule has 2 N–H and O–H groups in total. The average Bonchev–Trinajstić information content (AvgIpc) is 2.72. The minimum Gasteiger partial charge on any atom is -0.399 e. The summed E-state index contributed by atoms with van der Waals surface area (Å²) in [5, 5.41) is 0. The molecule has 29 heavy (non-hydrogen) atoms. The number of hydrogen-bond donors (Lipinski definition) is 1. The van der Waals surface area contributed by atoms with E-state index in [0.717, 1.165) is 23.5 Å². The predicted octanol–water partition coefficient (Wildman–Crippen LogP) is 6.14. The monoisotopic (exact) mass is 387 g/mol. The topological polar surface area (TPSA) is 41.6 Å². The summed E-state index contributed by atoms with van der Waals surface area (Å²) in [5.41, 5.74) is 13.5. The van der Waals surface area contributed by atoms with Gasteiger partial charge in [-0.2, -0.15) is 0 Å². The molecule has 0 atom stereocenters. The first-order valence-electron chi connectivity index (χ1n) is 10.3. The summed E-state index contributed by atoms with van der Waals surface area (Å²) >= 11 is 0. The zero-order valence-electron chi connectivity index (χ0n) is 18.3. The Morgan fingerprint density at radius 2 is 1.28 bits per heavy atom. The van der Waals surface area contributed by atoms with E-state index in [0.29, 0.717) is 0 Å². The molecule has 0 radical (unpaired) electrons. The lowest BCUT2D eigenvalue weighted by atomic mass is 9.90. The van der Waals surface area contributed by atoms with E-state index < -0.39 is 0 Å². The molecule has 152 valence electrons. The fraction of sp³-hybridized carbons (Fsp3) is 0.269. The Bertz CT molecular complexity index is 878. The van der Waals surface area contributed by atoms with E-state index in [9.17, 15) is 0 Å². The van der Waals surface area contributed by atoms with E-state index in [-0.39, 0.29) is 0 Å². The third-order valence-electron chi connectivity index (χ3n) is 4.37. The van der Waals surface area contributed by atoms with Crippen LogP contribution in [0.5, 0.6) is 0 Å². The molecule has 1 aliphatic rings. The lowest BCUT2D eigenvalue weighted by molar-refractivity contribution is 1.09. The van der Waals surface area contributed by atoms with E-state index in [1.54, 1.807) is 0 Å². The Balaban J connectivity index is 0.000000941. The van der Waals surface area contributed by atoms with Crippen LogP contribution in [-0.2, 0) is 0 Å². The SMILES string of the molecule is CCC.CCN=C1C=CC(=C(c2ccc(N)cc2)c2ccc(N(C)C)cc2)C=C1.